The maximum atomic E-state index is 13.5. The van der Waals surface area contributed by atoms with Crippen molar-refractivity contribution in [3.05, 3.63) is 94.7 Å². The third-order valence-corrected chi connectivity index (χ3v) is 4.06. The van der Waals surface area contributed by atoms with Crippen LogP contribution in [0.4, 0.5) is 17.6 Å². The number of rotatable bonds is 4. The number of nitrogens with one attached hydrogen (secondary N) is 1. The fraction of sp³-hybridized carbons (Fsp3) is 0.100. The highest BCUT2D eigenvalue weighted by molar-refractivity contribution is 5.95. The van der Waals surface area contributed by atoms with Crippen LogP contribution in [-0.2, 0) is 12.7 Å². The molecule has 8 heteroatoms. The van der Waals surface area contributed by atoms with Crippen LogP contribution in [0.25, 0.3) is 11.1 Å². The lowest BCUT2D eigenvalue weighted by Gasteiger charge is -2.11. The van der Waals surface area contributed by atoms with Gasteiger partial charge in [-0.25, -0.2) is 4.39 Å². The molecule has 0 saturated heterocycles. The van der Waals surface area contributed by atoms with E-state index in [2.05, 4.69) is 5.32 Å². The predicted octanol–water partition coefficient (Wildman–Crippen LogP) is 4.07. The Morgan fingerprint density at radius 1 is 1.00 bits per heavy atom. The normalized spacial score (nSPS) is 11.3. The molecule has 3 rings (SSSR count). The second kappa shape index (κ2) is 7.67. The molecule has 144 valence electrons. The Bertz CT molecular complexity index is 1020. The van der Waals surface area contributed by atoms with Crippen molar-refractivity contribution in [3.63, 3.8) is 0 Å². The smallest absolute Gasteiger partial charge is 0.419 e. The van der Waals surface area contributed by atoms with Gasteiger partial charge >= 0.3 is 6.18 Å². The number of nitrogens with zero attached hydrogens (tertiary/aromatic N) is 1. The number of halogens is 4. The van der Waals surface area contributed by atoms with Crippen molar-refractivity contribution in [1.29, 1.82) is 0 Å². The van der Waals surface area contributed by atoms with Crippen molar-refractivity contribution < 1.29 is 27.1 Å². The van der Waals surface area contributed by atoms with Crippen molar-refractivity contribution in [2.45, 2.75) is 12.7 Å². The van der Waals surface area contributed by atoms with Gasteiger partial charge in [0.25, 0.3) is 5.91 Å². The molecule has 2 aromatic carbocycles. The van der Waals surface area contributed by atoms with Crippen LogP contribution < -0.4 is 10.0 Å². The lowest BCUT2D eigenvalue weighted by molar-refractivity contribution is -0.614. The van der Waals surface area contributed by atoms with E-state index in [4.69, 9.17) is 0 Å². The zero-order valence-electron chi connectivity index (χ0n) is 14.3. The number of amides is 1. The molecular weight excluding hydrogens is 376 g/mol. The van der Waals surface area contributed by atoms with Crippen LogP contribution in [-0.4, -0.2) is 5.91 Å². The van der Waals surface area contributed by atoms with Crippen LogP contribution >= 0.6 is 0 Å². The molecule has 0 aliphatic rings. The maximum absolute atomic E-state index is 13.5. The first kappa shape index (κ1) is 19.3. The SMILES string of the molecule is O=C(NCc1cccc[n+]1[O-])c1cccc(-c2ccc(F)c(C(F)(F)F)c2)c1. The Morgan fingerprint density at radius 3 is 2.46 bits per heavy atom. The van der Waals surface area contributed by atoms with E-state index in [1.165, 1.54) is 36.5 Å². The van der Waals surface area contributed by atoms with Crippen molar-refractivity contribution in [3.8, 4) is 11.1 Å². The minimum Gasteiger partial charge on any atom is -0.618 e. The molecule has 0 fully saturated rings. The first-order valence-electron chi connectivity index (χ1n) is 8.18. The Balaban J connectivity index is 1.83. The zero-order valence-corrected chi connectivity index (χ0v) is 14.3. The summed E-state index contributed by atoms with van der Waals surface area (Å²) in [5, 5.41) is 14.2. The van der Waals surface area contributed by atoms with Crippen LogP contribution in [0, 0.1) is 11.0 Å². The standard InChI is InChI=1S/C20H14F4N2O2/c21-18-8-7-14(11-17(18)20(22,23)24)13-4-3-5-15(10-13)19(27)25-12-16-6-1-2-9-26(16)28/h1-11H,12H2,(H,25,27). The van der Waals surface area contributed by atoms with E-state index in [-0.39, 0.29) is 17.7 Å². The van der Waals surface area contributed by atoms with Gasteiger partial charge in [-0.3, -0.25) is 4.79 Å². The number of hydrogen-bond acceptors (Lipinski definition) is 2. The van der Waals surface area contributed by atoms with Crippen LogP contribution in [0.1, 0.15) is 21.6 Å². The first-order valence-corrected chi connectivity index (χ1v) is 8.18. The topological polar surface area (TPSA) is 56.0 Å². The molecular formula is C20H14F4N2O2. The number of pyridine rings is 1. The minimum absolute atomic E-state index is 0.0117. The van der Waals surface area contributed by atoms with E-state index >= 15 is 0 Å². The monoisotopic (exact) mass is 390 g/mol. The number of carbonyl (C=O) groups excluding carboxylic acids is 1. The molecule has 0 bridgehead atoms. The lowest BCUT2D eigenvalue weighted by atomic mass is 10.0. The summed E-state index contributed by atoms with van der Waals surface area (Å²) in [4.78, 5) is 12.3. The molecule has 28 heavy (non-hydrogen) atoms. The molecule has 0 saturated carbocycles. The molecule has 0 spiro atoms. The van der Waals surface area contributed by atoms with E-state index < -0.39 is 23.5 Å². The number of carbonyl (C=O) groups is 1. The number of aromatic nitrogens is 1. The molecule has 0 aliphatic carbocycles. The summed E-state index contributed by atoms with van der Waals surface area (Å²) in [6, 6.07) is 13.4. The average Bonchev–Trinajstić information content (AvgIpc) is 2.66. The Hall–Kier alpha value is -3.42. The van der Waals surface area contributed by atoms with Gasteiger partial charge in [0, 0.05) is 17.7 Å². The van der Waals surface area contributed by atoms with Crippen molar-refractivity contribution in [2.75, 3.05) is 0 Å². The summed E-state index contributed by atoms with van der Waals surface area (Å²) in [6.45, 7) is -0.0117. The summed E-state index contributed by atoms with van der Waals surface area (Å²) in [7, 11) is 0. The van der Waals surface area contributed by atoms with Crippen molar-refractivity contribution >= 4 is 5.91 Å². The van der Waals surface area contributed by atoms with Gasteiger partial charge in [-0.1, -0.05) is 18.2 Å². The second-order valence-electron chi connectivity index (χ2n) is 5.97. The van der Waals surface area contributed by atoms with Gasteiger partial charge < -0.3 is 10.5 Å². The summed E-state index contributed by atoms with van der Waals surface area (Å²) >= 11 is 0. The molecule has 3 aromatic rings. The fourth-order valence-corrected chi connectivity index (χ4v) is 2.64. The summed E-state index contributed by atoms with van der Waals surface area (Å²) in [5.41, 5.74) is -0.381. The quantitative estimate of drug-likeness (QED) is 0.415. The molecule has 1 aromatic heterocycles. The van der Waals surface area contributed by atoms with Gasteiger partial charge in [-0.2, -0.15) is 17.9 Å². The molecule has 0 unspecified atom stereocenters. The van der Waals surface area contributed by atoms with Crippen LogP contribution in [0.5, 0.6) is 0 Å². The van der Waals surface area contributed by atoms with Crippen molar-refractivity contribution in [1.82, 2.24) is 5.32 Å². The molecule has 0 atom stereocenters. The molecule has 1 heterocycles. The summed E-state index contributed by atoms with van der Waals surface area (Å²) < 4.78 is 52.8. The highest BCUT2D eigenvalue weighted by Crippen LogP contribution is 2.34. The summed E-state index contributed by atoms with van der Waals surface area (Å²) in [6.07, 6.45) is -3.52. The van der Waals surface area contributed by atoms with Gasteiger partial charge in [0.05, 0.1) is 5.56 Å². The predicted molar refractivity (Wildman–Crippen MR) is 93.4 cm³/mol. The third-order valence-electron chi connectivity index (χ3n) is 4.06. The van der Waals surface area contributed by atoms with E-state index in [0.717, 1.165) is 6.07 Å². The number of hydrogen-bond donors (Lipinski definition) is 1. The zero-order chi connectivity index (χ0) is 20.3. The van der Waals surface area contributed by atoms with Gasteiger partial charge in [0.2, 0.25) is 5.69 Å². The van der Waals surface area contributed by atoms with Gasteiger partial charge in [-0.15, -0.1) is 0 Å². The maximum Gasteiger partial charge on any atom is 0.419 e. The fourth-order valence-electron chi connectivity index (χ4n) is 2.64. The van der Waals surface area contributed by atoms with Gasteiger partial charge in [-0.05, 0) is 41.5 Å². The van der Waals surface area contributed by atoms with E-state index in [9.17, 15) is 27.6 Å². The molecule has 0 radical (unpaired) electrons. The molecule has 0 aliphatic heterocycles. The number of benzene rings is 2. The molecule has 4 nitrogen and oxygen atoms in total. The first-order chi connectivity index (χ1) is 13.3. The minimum atomic E-state index is -4.82. The van der Waals surface area contributed by atoms with Gasteiger partial charge in [0.1, 0.15) is 12.4 Å². The average molecular weight is 390 g/mol. The van der Waals surface area contributed by atoms with Crippen LogP contribution in [0.15, 0.2) is 66.9 Å². The number of alkyl halides is 3. The van der Waals surface area contributed by atoms with E-state index in [1.807, 2.05) is 0 Å². The van der Waals surface area contributed by atoms with Crippen LogP contribution in [0.2, 0.25) is 0 Å². The lowest BCUT2D eigenvalue weighted by Crippen LogP contribution is -2.35. The van der Waals surface area contributed by atoms with E-state index in [1.54, 1.807) is 18.2 Å². The Morgan fingerprint density at radius 2 is 1.75 bits per heavy atom. The Labute approximate surface area is 157 Å². The van der Waals surface area contributed by atoms with Crippen molar-refractivity contribution in [2.24, 2.45) is 0 Å². The van der Waals surface area contributed by atoms with E-state index in [0.29, 0.717) is 22.1 Å². The Kier molecular flexibility index (Phi) is 5.30. The molecule has 1 amide bonds. The highest BCUT2D eigenvalue weighted by Gasteiger charge is 2.34. The molecule has 1 N–H and O–H groups in total. The largest absolute Gasteiger partial charge is 0.618 e. The summed E-state index contributed by atoms with van der Waals surface area (Å²) in [5.74, 6) is -1.86. The van der Waals surface area contributed by atoms with Crippen LogP contribution in [0.3, 0.4) is 0 Å². The second-order valence-corrected chi connectivity index (χ2v) is 5.97. The van der Waals surface area contributed by atoms with Gasteiger partial charge in [0.15, 0.2) is 6.20 Å². The third kappa shape index (κ3) is 4.28. The highest BCUT2D eigenvalue weighted by atomic mass is 19.4.